The van der Waals surface area contributed by atoms with Gasteiger partial charge in [0.05, 0.1) is 12.2 Å². The van der Waals surface area contributed by atoms with Gasteiger partial charge in [0.15, 0.2) is 0 Å². The third-order valence-corrected chi connectivity index (χ3v) is 3.71. The average molecular weight is 362 g/mol. The van der Waals surface area contributed by atoms with Crippen LogP contribution in [0.3, 0.4) is 0 Å². The van der Waals surface area contributed by atoms with Crippen LogP contribution in [-0.2, 0) is 4.74 Å². The number of amides is 1. The number of anilines is 1. The maximum Gasteiger partial charge on any atom is 0.338 e. The largest absolute Gasteiger partial charge is 0.462 e. The van der Waals surface area contributed by atoms with Crippen LogP contribution in [0.25, 0.3) is 0 Å². The minimum atomic E-state index is -0.389. The molecule has 2 aromatic rings. The molecule has 5 heteroatoms. The molecule has 0 aromatic heterocycles. The molecule has 0 aliphatic heterocycles. The molecule has 114 valence electrons. The molecule has 1 N–H and O–H groups in total. The van der Waals surface area contributed by atoms with Gasteiger partial charge in [-0.2, -0.15) is 0 Å². The predicted molar refractivity (Wildman–Crippen MR) is 89.2 cm³/mol. The Kier molecular flexibility index (Phi) is 5.33. The van der Waals surface area contributed by atoms with Crippen LogP contribution in [-0.4, -0.2) is 18.5 Å². The van der Waals surface area contributed by atoms with Crippen LogP contribution in [0.5, 0.6) is 0 Å². The fourth-order valence-electron chi connectivity index (χ4n) is 2.00. The maximum absolute atomic E-state index is 12.2. The van der Waals surface area contributed by atoms with Crippen molar-refractivity contribution in [3.8, 4) is 0 Å². The Labute approximate surface area is 137 Å². The molecule has 0 bridgehead atoms. The Morgan fingerprint density at radius 3 is 2.45 bits per heavy atom. The molecule has 0 fully saturated rings. The monoisotopic (exact) mass is 361 g/mol. The van der Waals surface area contributed by atoms with Gasteiger partial charge in [-0.3, -0.25) is 4.79 Å². The summed E-state index contributed by atoms with van der Waals surface area (Å²) in [5.41, 5.74) is 2.28. The number of esters is 1. The molecular formula is C17H16BrNO3. The third-order valence-electron chi connectivity index (χ3n) is 3.18. The quantitative estimate of drug-likeness (QED) is 0.830. The predicted octanol–water partition coefficient (Wildman–Crippen LogP) is 4.19. The van der Waals surface area contributed by atoms with E-state index in [4.69, 9.17) is 4.74 Å². The number of rotatable bonds is 4. The Hall–Kier alpha value is -2.14. The van der Waals surface area contributed by atoms with Gasteiger partial charge in [-0.25, -0.2) is 4.79 Å². The molecule has 22 heavy (non-hydrogen) atoms. The van der Waals surface area contributed by atoms with Crippen LogP contribution in [0, 0.1) is 6.92 Å². The summed E-state index contributed by atoms with van der Waals surface area (Å²) in [6.45, 7) is 3.85. The van der Waals surface area contributed by atoms with Crippen molar-refractivity contribution in [1.82, 2.24) is 0 Å². The van der Waals surface area contributed by atoms with Crippen LogP contribution in [0.2, 0.25) is 0 Å². The zero-order chi connectivity index (χ0) is 16.1. The molecular weight excluding hydrogens is 346 g/mol. The fraction of sp³-hybridized carbons (Fsp3) is 0.176. The first-order chi connectivity index (χ1) is 10.5. The van der Waals surface area contributed by atoms with Gasteiger partial charge in [0, 0.05) is 15.7 Å². The molecule has 0 heterocycles. The molecule has 2 rings (SSSR count). The van der Waals surface area contributed by atoms with E-state index in [2.05, 4.69) is 21.2 Å². The second-order valence-electron chi connectivity index (χ2n) is 4.66. The number of nitrogens with one attached hydrogen (secondary N) is 1. The summed E-state index contributed by atoms with van der Waals surface area (Å²) in [5, 5.41) is 2.82. The second kappa shape index (κ2) is 7.22. The summed E-state index contributed by atoms with van der Waals surface area (Å²) in [6, 6.07) is 12.2. The first kappa shape index (κ1) is 16.2. The number of hydrogen-bond donors (Lipinski definition) is 1. The van der Waals surface area contributed by atoms with Crippen molar-refractivity contribution in [3.63, 3.8) is 0 Å². The van der Waals surface area contributed by atoms with E-state index < -0.39 is 0 Å². The minimum absolute atomic E-state index is 0.225. The van der Waals surface area contributed by atoms with E-state index in [1.54, 1.807) is 56.3 Å². The smallest absolute Gasteiger partial charge is 0.338 e. The molecule has 0 aliphatic rings. The first-order valence-electron chi connectivity index (χ1n) is 6.86. The van der Waals surface area contributed by atoms with Gasteiger partial charge in [-0.1, -0.05) is 22.0 Å². The van der Waals surface area contributed by atoms with Gasteiger partial charge >= 0.3 is 5.97 Å². The number of hydrogen-bond acceptors (Lipinski definition) is 3. The van der Waals surface area contributed by atoms with Gasteiger partial charge in [-0.05, 0) is 55.8 Å². The summed E-state index contributed by atoms with van der Waals surface area (Å²) in [6.07, 6.45) is 0. The minimum Gasteiger partial charge on any atom is -0.462 e. The normalized spacial score (nSPS) is 10.1. The molecule has 1 amide bonds. The molecule has 0 saturated carbocycles. The van der Waals surface area contributed by atoms with Crippen LogP contribution < -0.4 is 5.32 Å². The highest BCUT2D eigenvalue weighted by molar-refractivity contribution is 9.10. The van der Waals surface area contributed by atoms with Gasteiger partial charge in [0.2, 0.25) is 0 Å². The summed E-state index contributed by atoms with van der Waals surface area (Å²) in [4.78, 5) is 24.1. The Morgan fingerprint density at radius 2 is 1.82 bits per heavy atom. The van der Waals surface area contributed by atoms with Crippen molar-refractivity contribution in [2.45, 2.75) is 13.8 Å². The molecule has 0 spiro atoms. The number of halogens is 1. The van der Waals surface area contributed by atoms with Crippen molar-refractivity contribution in [1.29, 1.82) is 0 Å². The van der Waals surface area contributed by atoms with Crippen LogP contribution in [0.15, 0.2) is 46.9 Å². The van der Waals surface area contributed by atoms with Crippen molar-refractivity contribution >= 4 is 33.5 Å². The number of benzene rings is 2. The second-order valence-corrected chi connectivity index (χ2v) is 5.58. The summed E-state index contributed by atoms with van der Waals surface area (Å²) in [7, 11) is 0. The molecule has 2 aromatic carbocycles. The standard InChI is InChI=1S/C17H16BrNO3/c1-3-22-17(21)14-5-4-6-15(11(14)2)19-16(20)12-7-9-13(18)10-8-12/h4-10H,3H2,1-2H3,(H,19,20). The van der Waals surface area contributed by atoms with E-state index in [0.717, 1.165) is 4.47 Å². The molecule has 0 saturated heterocycles. The lowest BCUT2D eigenvalue weighted by Crippen LogP contribution is -2.14. The summed E-state index contributed by atoms with van der Waals surface area (Å²) >= 11 is 3.33. The zero-order valence-corrected chi connectivity index (χ0v) is 13.9. The van der Waals surface area contributed by atoms with E-state index in [1.807, 2.05) is 0 Å². The van der Waals surface area contributed by atoms with Crippen LogP contribution in [0.1, 0.15) is 33.2 Å². The Morgan fingerprint density at radius 1 is 1.14 bits per heavy atom. The SMILES string of the molecule is CCOC(=O)c1cccc(NC(=O)c2ccc(Br)cc2)c1C. The van der Waals surface area contributed by atoms with Gasteiger partial charge < -0.3 is 10.1 Å². The maximum atomic E-state index is 12.2. The lowest BCUT2D eigenvalue weighted by molar-refractivity contribution is 0.0525. The lowest BCUT2D eigenvalue weighted by Gasteiger charge is -2.12. The zero-order valence-electron chi connectivity index (χ0n) is 12.4. The van der Waals surface area contributed by atoms with E-state index in [0.29, 0.717) is 29.0 Å². The van der Waals surface area contributed by atoms with E-state index >= 15 is 0 Å². The first-order valence-corrected chi connectivity index (χ1v) is 7.66. The molecule has 0 unspecified atom stereocenters. The highest BCUT2D eigenvalue weighted by atomic mass is 79.9. The third kappa shape index (κ3) is 3.74. The van der Waals surface area contributed by atoms with Crippen LogP contribution in [0.4, 0.5) is 5.69 Å². The fourth-order valence-corrected chi connectivity index (χ4v) is 2.26. The van der Waals surface area contributed by atoms with Crippen LogP contribution >= 0.6 is 15.9 Å². The Bertz CT molecular complexity index is 696. The van der Waals surface area contributed by atoms with E-state index in [9.17, 15) is 9.59 Å². The number of carbonyl (C=O) groups excluding carboxylic acids is 2. The highest BCUT2D eigenvalue weighted by Crippen LogP contribution is 2.21. The molecule has 0 radical (unpaired) electrons. The topological polar surface area (TPSA) is 55.4 Å². The number of ether oxygens (including phenoxy) is 1. The average Bonchev–Trinajstić information content (AvgIpc) is 2.50. The molecule has 0 atom stereocenters. The van der Waals surface area contributed by atoms with Gasteiger partial charge in [0.1, 0.15) is 0 Å². The van der Waals surface area contributed by atoms with Gasteiger partial charge in [0.25, 0.3) is 5.91 Å². The van der Waals surface area contributed by atoms with Crippen molar-refractivity contribution in [2.75, 3.05) is 11.9 Å². The molecule has 4 nitrogen and oxygen atoms in total. The number of carbonyl (C=O) groups is 2. The summed E-state index contributed by atoms with van der Waals surface area (Å²) in [5.74, 6) is -0.614. The van der Waals surface area contributed by atoms with Crippen molar-refractivity contribution in [3.05, 3.63) is 63.6 Å². The Balaban J connectivity index is 2.22. The van der Waals surface area contributed by atoms with E-state index in [1.165, 1.54) is 0 Å². The lowest BCUT2D eigenvalue weighted by atomic mass is 10.1. The highest BCUT2D eigenvalue weighted by Gasteiger charge is 2.14. The molecule has 0 aliphatic carbocycles. The summed E-state index contributed by atoms with van der Waals surface area (Å²) < 4.78 is 5.92. The van der Waals surface area contributed by atoms with Gasteiger partial charge in [-0.15, -0.1) is 0 Å². The van der Waals surface area contributed by atoms with Crippen molar-refractivity contribution in [2.24, 2.45) is 0 Å². The van der Waals surface area contributed by atoms with E-state index in [-0.39, 0.29) is 11.9 Å². The van der Waals surface area contributed by atoms with Crippen molar-refractivity contribution < 1.29 is 14.3 Å².